The molecule has 0 spiro atoms. The molecule has 1 aliphatic rings. The van der Waals surface area contributed by atoms with Gasteiger partial charge in [-0.2, -0.15) is 0 Å². The molecule has 0 atom stereocenters. The summed E-state index contributed by atoms with van der Waals surface area (Å²) in [4.78, 5) is 0. The maximum atomic E-state index is 10.9. The van der Waals surface area contributed by atoms with Crippen LogP contribution in [0.25, 0.3) is 0 Å². The number of nitrogens with one attached hydrogen (secondary N) is 1. The summed E-state index contributed by atoms with van der Waals surface area (Å²) in [5, 5.41) is 0. The van der Waals surface area contributed by atoms with Crippen LogP contribution in [0.5, 0.6) is 0 Å². The average molecular weight is 190 g/mol. The molecule has 1 saturated carbocycles. The maximum Gasteiger partial charge on any atom is 0.208 e. The molecule has 0 aromatic heterocycles. The van der Waals surface area contributed by atoms with Crippen LogP contribution in [-0.2, 0) is 10.0 Å². The third-order valence-electron chi connectivity index (χ3n) is 2.22. The molecule has 3 nitrogen and oxygen atoms in total. The van der Waals surface area contributed by atoms with E-state index in [4.69, 9.17) is 0 Å². The number of rotatable bonds is 2. The zero-order valence-electron chi connectivity index (χ0n) is 7.63. The first-order chi connectivity index (χ1) is 5.47. The van der Waals surface area contributed by atoms with Crippen LogP contribution < -0.4 is 4.72 Å². The second-order valence-electron chi connectivity index (χ2n) is 3.62. The molecule has 0 unspecified atom stereocenters. The van der Waals surface area contributed by atoms with Gasteiger partial charge in [0.05, 0.1) is 6.26 Å². The van der Waals surface area contributed by atoms with Gasteiger partial charge in [0.2, 0.25) is 10.0 Å². The van der Waals surface area contributed by atoms with Gasteiger partial charge in [-0.3, -0.25) is 0 Å². The van der Waals surface area contributed by atoms with Gasteiger partial charge in [0.25, 0.3) is 0 Å². The van der Waals surface area contributed by atoms with E-state index in [0.29, 0.717) is 0 Å². The van der Waals surface area contributed by atoms with E-state index < -0.39 is 10.0 Å². The topological polar surface area (TPSA) is 46.2 Å². The van der Waals surface area contributed by atoms with Crippen molar-refractivity contribution >= 4 is 10.0 Å². The van der Waals surface area contributed by atoms with Gasteiger partial charge in [-0.15, -0.1) is 0 Å². The number of hydrogen-bond donors (Lipinski definition) is 1. The zero-order chi connectivity index (χ0) is 9.19. The molecule has 71 valence electrons. The van der Waals surface area contributed by atoms with E-state index in [1.54, 1.807) is 0 Å². The zero-order valence-corrected chi connectivity index (χ0v) is 8.45. The Bertz CT molecular complexity index is 227. The van der Waals surface area contributed by atoms with Crippen LogP contribution in [0, 0.1) is 5.92 Å². The minimum absolute atomic E-state index is 0.170. The van der Waals surface area contributed by atoms with Gasteiger partial charge in [0, 0.05) is 6.04 Å². The van der Waals surface area contributed by atoms with E-state index in [9.17, 15) is 8.42 Å². The van der Waals surface area contributed by atoms with Crippen LogP contribution in [0.4, 0.5) is 0 Å². The Morgan fingerprint density at radius 2 is 1.83 bits per heavy atom. The second-order valence-corrected chi connectivity index (χ2v) is 5.40. The molecule has 4 heteroatoms. The molecule has 1 rings (SSSR count). The van der Waals surface area contributed by atoms with Crippen LogP contribution >= 0.6 is 0 Å². The molecule has 1 aliphatic carbocycles. The number of hydrogen-bond acceptors (Lipinski definition) is 2. The molecule has 0 aromatic rings. The molecule has 0 bridgehead atoms. The summed E-state index contributed by atoms with van der Waals surface area (Å²) in [5.74, 6) is 1.49. The third kappa shape index (κ3) is 3.54. The molecule has 0 heterocycles. The highest BCUT2D eigenvalue weighted by Gasteiger charge is 2.20. The quantitative estimate of drug-likeness (QED) is 0.708. The van der Waals surface area contributed by atoms with Gasteiger partial charge in [0.15, 0.2) is 0 Å². The fraction of sp³-hybridized carbons (Fsp3) is 0.875. The van der Waals surface area contributed by atoms with Crippen molar-refractivity contribution in [2.45, 2.75) is 38.6 Å². The Labute approximate surface area is 74.6 Å². The minimum atomic E-state index is -3.00. The van der Waals surface area contributed by atoms with Crippen molar-refractivity contribution in [3.05, 3.63) is 5.92 Å². The van der Waals surface area contributed by atoms with Crippen molar-refractivity contribution in [3.63, 3.8) is 0 Å². The van der Waals surface area contributed by atoms with E-state index in [-0.39, 0.29) is 6.04 Å². The van der Waals surface area contributed by atoms with E-state index in [1.807, 2.05) is 0 Å². The molecule has 1 N–H and O–H groups in total. The largest absolute Gasteiger partial charge is 0.213 e. The van der Waals surface area contributed by atoms with Crippen molar-refractivity contribution in [2.24, 2.45) is 0 Å². The molecule has 0 saturated heterocycles. The van der Waals surface area contributed by atoms with Gasteiger partial charge in [-0.1, -0.05) is 6.92 Å². The summed E-state index contributed by atoms with van der Waals surface area (Å²) in [6.45, 7) is 2.14. The third-order valence-corrected chi connectivity index (χ3v) is 2.98. The lowest BCUT2D eigenvalue weighted by Crippen LogP contribution is -2.36. The van der Waals surface area contributed by atoms with Gasteiger partial charge >= 0.3 is 0 Å². The summed E-state index contributed by atoms with van der Waals surface area (Å²) in [6.07, 6.45) is 5.26. The van der Waals surface area contributed by atoms with Crippen LogP contribution in [-0.4, -0.2) is 20.7 Å². The molecule has 12 heavy (non-hydrogen) atoms. The van der Waals surface area contributed by atoms with Crippen LogP contribution in [0.2, 0.25) is 0 Å². The summed E-state index contributed by atoms with van der Waals surface area (Å²) >= 11 is 0. The highest BCUT2D eigenvalue weighted by molar-refractivity contribution is 7.88. The summed E-state index contributed by atoms with van der Waals surface area (Å²) in [7, 11) is -3.00. The van der Waals surface area contributed by atoms with Crippen molar-refractivity contribution in [3.8, 4) is 0 Å². The minimum Gasteiger partial charge on any atom is -0.213 e. The summed E-state index contributed by atoms with van der Waals surface area (Å²) in [6, 6.07) is 0.170. The van der Waals surface area contributed by atoms with Crippen molar-refractivity contribution in [1.29, 1.82) is 0 Å². The molecule has 1 radical (unpaired) electrons. The summed E-state index contributed by atoms with van der Waals surface area (Å²) in [5.41, 5.74) is 0. The normalized spacial score (nSPS) is 22.8. The van der Waals surface area contributed by atoms with Gasteiger partial charge in [0.1, 0.15) is 0 Å². The van der Waals surface area contributed by atoms with E-state index in [2.05, 4.69) is 11.6 Å². The SMILES string of the molecule is C[C]1CCC(NS(C)(=O)=O)CC1. The Balaban J connectivity index is 2.36. The van der Waals surface area contributed by atoms with Crippen molar-refractivity contribution in [2.75, 3.05) is 6.26 Å². The summed E-state index contributed by atoms with van der Waals surface area (Å²) < 4.78 is 24.4. The van der Waals surface area contributed by atoms with Crippen molar-refractivity contribution in [1.82, 2.24) is 4.72 Å². The molecular weight excluding hydrogens is 174 g/mol. The molecule has 1 fully saturated rings. The molecule has 0 amide bonds. The van der Waals surface area contributed by atoms with Gasteiger partial charge < -0.3 is 0 Å². The van der Waals surface area contributed by atoms with Gasteiger partial charge in [-0.25, -0.2) is 13.1 Å². The smallest absolute Gasteiger partial charge is 0.208 e. The predicted octanol–water partition coefficient (Wildman–Crippen LogP) is 1.07. The van der Waals surface area contributed by atoms with E-state index in [0.717, 1.165) is 25.7 Å². The lowest BCUT2D eigenvalue weighted by atomic mass is 9.88. The molecule has 0 aromatic carbocycles. The Kier molecular flexibility index (Phi) is 3.12. The van der Waals surface area contributed by atoms with E-state index >= 15 is 0 Å². The van der Waals surface area contributed by atoms with Gasteiger partial charge in [-0.05, 0) is 31.6 Å². The van der Waals surface area contributed by atoms with Crippen LogP contribution in [0.1, 0.15) is 32.6 Å². The Morgan fingerprint density at radius 1 is 1.33 bits per heavy atom. The average Bonchev–Trinajstić information content (AvgIpc) is 1.91. The number of sulfonamides is 1. The fourth-order valence-electron chi connectivity index (χ4n) is 1.53. The molecule has 0 aliphatic heterocycles. The van der Waals surface area contributed by atoms with Crippen LogP contribution in [0.3, 0.4) is 0 Å². The van der Waals surface area contributed by atoms with E-state index in [1.165, 1.54) is 12.2 Å². The highest BCUT2D eigenvalue weighted by atomic mass is 32.2. The first kappa shape index (κ1) is 9.99. The first-order valence-corrected chi connectivity index (χ1v) is 6.15. The molecular formula is C8H16NO2S. The predicted molar refractivity (Wildman–Crippen MR) is 49.2 cm³/mol. The lowest BCUT2D eigenvalue weighted by molar-refractivity contribution is 0.436. The van der Waals surface area contributed by atoms with Crippen LogP contribution in [0.15, 0.2) is 0 Å². The van der Waals surface area contributed by atoms with Crippen molar-refractivity contribution < 1.29 is 8.42 Å². The standard InChI is InChI=1S/C8H16NO2S/c1-7-3-5-8(6-4-7)9-12(2,10)11/h8-9H,3-6H2,1-2H3. The Morgan fingerprint density at radius 3 is 2.25 bits per heavy atom. The first-order valence-electron chi connectivity index (χ1n) is 4.26. The highest BCUT2D eigenvalue weighted by Crippen LogP contribution is 2.25. The fourth-order valence-corrected chi connectivity index (χ4v) is 2.37. The lowest BCUT2D eigenvalue weighted by Gasteiger charge is -2.25. The monoisotopic (exact) mass is 190 g/mol. The second kappa shape index (κ2) is 3.75. The maximum absolute atomic E-state index is 10.9. The Hall–Kier alpha value is -0.0900.